The lowest BCUT2D eigenvalue weighted by molar-refractivity contribution is -0.129. The average Bonchev–Trinajstić information content (AvgIpc) is 3.00. The first kappa shape index (κ1) is 20.5. The summed E-state index contributed by atoms with van der Waals surface area (Å²) in [5.74, 6) is -2.07. The molecule has 0 saturated heterocycles. The number of nitrogens with zero attached hydrogens (tertiary/aromatic N) is 1. The van der Waals surface area contributed by atoms with Crippen molar-refractivity contribution in [3.05, 3.63) is 61.3 Å². The van der Waals surface area contributed by atoms with E-state index in [2.05, 4.69) is 27.6 Å². The van der Waals surface area contributed by atoms with E-state index < -0.39 is 17.6 Å². The topological polar surface area (TPSA) is 57.1 Å². The Kier molecular flexibility index (Phi) is 6.19. The van der Waals surface area contributed by atoms with Crippen molar-refractivity contribution in [2.45, 2.75) is 6.92 Å². The molecule has 1 aliphatic rings. The fourth-order valence-electron chi connectivity index (χ4n) is 2.48. The Hall–Kier alpha value is -2.20. The van der Waals surface area contributed by atoms with Gasteiger partial charge in [-0.25, -0.2) is 18.6 Å². The van der Waals surface area contributed by atoms with E-state index in [1.54, 1.807) is 12.1 Å². The quantitative estimate of drug-likeness (QED) is 0.242. The Morgan fingerprint density at radius 3 is 2.64 bits per heavy atom. The molecular formula is C19H13ClF2INO4. The first-order valence-corrected chi connectivity index (χ1v) is 9.47. The Morgan fingerprint density at radius 2 is 1.96 bits per heavy atom. The molecular weight excluding hydrogens is 507 g/mol. The Morgan fingerprint density at radius 1 is 1.25 bits per heavy atom. The minimum Gasteiger partial charge on any atom is -0.493 e. The van der Waals surface area contributed by atoms with E-state index in [0.29, 0.717) is 23.7 Å². The number of aliphatic imine (C=N–C) groups is 1. The fraction of sp³-hybridized carbons (Fsp3) is 0.158. The molecule has 0 aliphatic carbocycles. The molecule has 0 radical (unpaired) electrons. The van der Waals surface area contributed by atoms with Crippen LogP contribution in [0.2, 0.25) is 5.02 Å². The molecule has 0 spiro atoms. The van der Waals surface area contributed by atoms with Crippen LogP contribution in [0, 0.1) is 15.2 Å². The smallest absolute Gasteiger partial charge is 0.363 e. The highest BCUT2D eigenvalue weighted by atomic mass is 127. The lowest BCUT2D eigenvalue weighted by atomic mass is 10.1. The molecule has 1 aliphatic heterocycles. The van der Waals surface area contributed by atoms with Gasteiger partial charge in [0.2, 0.25) is 5.90 Å². The van der Waals surface area contributed by atoms with E-state index >= 15 is 0 Å². The predicted molar refractivity (Wildman–Crippen MR) is 109 cm³/mol. The molecule has 3 rings (SSSR count). The second-order valence-electron chi connectivity index (χ2n) is 5.55. The molecule has 2 aromatic rings. The van der Waals surface area contributed by atoms with Crippen molar-refractivity contribution in [3.63, 3.8) is 0 Å². The minimum atomic E-state index is -1.12. The van der Waals surface area contributed by atoms with Gasteiger partial charge in [-0.3, -0.25) is 0 Å². The molecule has 0 N–H and O–H groups in total. The van der Waals surface area contributed by atoms with Crippen LogP contribution in [-0.4, -0.2) is 25.6 Å². The fourth-order valence-corrected chi connectivity index (χ4v) is 3.49. The third-order valence-corrected chi connectivity index (χ3v) is 4.82. The van der Waals surface area contributed by atoms with Gasteiger partial charge >= 0.3 is 5.97 Å². The van der Waals surface area contributed by atoms with Gasteiger partial charge in [-0.1, -0.05) is 11.6 Å². The summed E-state index contributed by atoms with van der Waals surface area (Å²) in [6.07, 6.45) is 1.49. The van der Waals surface area contributed by atoms with E-state index in [1.165, 1.54) is 13.2 Å². The normalized spacial score (nSPS) is 14.9. The van der Waals surface area contributed by atoms with Gasteiger partial charge in [-0.2, -0.15) is 0 Å². The van der Waals surface area contributed by atoms with Gasteiger partial charge in [0, 0.05) is 0 Å². The lowest BCUT2D eigenvalue weighted by Crippen LogP contribution is -2.07. The van der Waals surface area contributed by atoms with Crippen molar-refractivity contribution in [2.75, 3.05) is 13.7 Å². The van der Waals surface area contributed by atoms with Gasteiger partial charge in [0.05, 0.1) is 27.9 Å². The summed E-state index contributed by atoms with van der Waals surface area (Å²) in [6, 6.07) is 5.09. The van der Waals surface area contributed by atoms with Crippen molar-refractivity contribution in [1.82, 2.24) is 0 Å². The summed E-state index contributed by atoms with van der Waals surface area (Å²) in [6.45, 7) is 2.33. The van der Waals surface area contributed by atoms with Crippen LogP contribution in [0.4, 0.5) is 8.78 Å². The number of halogens is 4. The maximum absolute atomic E-state index is 13.5. The van der Waals surface area contributed by atoms with Crippen molar-refractivity contribution in [2.24, 2.45) is 4.99 Å². The summed E-state index contributed by atoms with van der Waals surface area (Å²) in [7, 11) is 1.51. The number of hydrogen-bond donors (Lipinski definition) is 0. The largest absolute Gasteiger partial charge is 0.493 e. The Labute approximate surface area is 178 Å². The van der Waals surface area contributed by atoms with Crippen molar-refractivity contribution >= 4 is 52.1 Å². The third kappa shape index (κ3) is 4.12. The molecule has 0 amide bonds. The van der Waals surface area contributed by atoms with Gasteiger partial charge in [0.25, 0.3) is 0 Å². The highest BCUT2D eigenvalue weighted by Crippen LogP contribution is 2.35. The van der Waals surface area contributed by atoms with Crippen LogP contribution in [0.3, 0.4) is 0 Å². The summed E-state index contributed by atoms with van der Waals surface area (Å²) in [5, 5.41) is -0.121. The predicted octanol–water partition coefficient (Wildman–Crippen LogP) is 4.97. The zero-order valence-corrected chi connectivity index (χ0v) is 17.6. The number of ether oxygens (including phenoxy) is 3. The van der Waals surface area contributed by atoms with Crippen LogP contribution < -0.4 is 9.47 Å². The van der Waals surface area contributed by atoms with E-state index in [4.69, 9.17) is 25.8 Å². The molecule has 146 valence electrons. The molecule has 1 heterocycles. The third-order valence-electron chi connectivity index (χ3n) is 3.70. The van der Waals surface area contributed by atoms with Gasteiger partial charge in [0.1, 0.15) is 0 Å². The maximum atomic E-state index is 13.5. The maximum Gasteiger partial charge on any atom is 0.363 e. The molecule has 9 heteroatoms. The van der Waals surface area contributed by atoms with Crippen LogP contribution in [0.15, 0.2) is 35.0 Å². The summed E-state index contributed by atoms with van der Waals surface area (Å²) in [4.78, 5) is 16.2. The highest BCUT2D eigenvalue weighted by Gasteiger charge is 2.27. The number of hydrogen-bond acceptors (Lipinski definition) is 5. The number of benzene rings is 2. The van der Waals surface area contributed by atoms with Crippen molar-refractivity contribution in [1.29, 1.82) is 0 Å². The standard InChI is InChI=1S/C19H13ClF2INO4/c1-3-27-17-14(23)4-9(6-16(17)26-2)5-15-19(25)28-18(24-15)10-7-12(21)13(22)8-11(10)20/h4-8H,3H2,1-2H3/b15-5-. The second kappa shape index (κ2) is 8.44. The summed E-state index contributed by atoms with van der Waals surface area (Å²) < 4.78 is 43.5. The lowest BCUT2D eigenvalue weighted by Gasteiger charge is -2.12. The van der Waals surface area contributed by atoms with Gasteiger partial charge in [-0.05, 0) is 65.4 Å². The molecule has 0 fully saturated rings. The zero-order valence-electron chi connectivity index (χ0n) is 14.7. The van der Waals surface area contributed by atoms with Gasteiger partial charge in [-0.15, -0.1) is 0 Å². The number of methoxy groups -OCH3 is 1. The number of rotatable bonds is 5. The second-order valence-corrected chi connectivity index (χ2v) is 7.12. The van der Waals surface area contributed by atoms with Crippen LogP contribution in [0.1, 0.15) is 18.1 Å². The van der Waals surface area contributed by atoms with Crippen molar-refractivity contribution in [3.8, 4) is 11.5 Å². The summed E-state index contributed by atoms with van der Waals surface area (Å²) in [5.41, 5.74) is 0.590. The van der Waals surface area contributed by atoms with E-state index in [9.17, 15) is 13.6 Å². The van der Waals surface area contributed by atoms with Crippen LogP contribution in [-0.2, 0) is 9.53 Å². The molecule has 0 bridgehead atoms. The molecule has 0 atom stereocenters. The molecule has 5 nitrogen and oxygen atoms in total. The first-order valence-electron chi connectivity index (χ1n) is 8.01. The molecule has 28 heavy (non-hydrogen) atoms. The molecule has 0 unspecified atom stereocenters. The molecule has 0 saturated carbocycles. The monoisotopic (exact) mass is 519 g/mol. The zero-order chi connectivity index (χ0) is 20.4. The summed E-state index contributed by atoms with van der Waals surface area (Å²) >= 11 is 8.01. The minimum absolute atomic E-state index is 0.0159. The van der Waals surface area contributed by atoms with Crippen LogP contribution in [0.25, 0.3) is 6.08 Å². The van der Waals surface area contributed by atoms with Gasteiger partial charge < -0.3 is 14.2 Å². The number of carbonyl (C=O) groups is 1. The Balaban J connectivity index is 2.00. The number of carbonyl (C=O) groups excluding carboxylic acids is 1. The Bertz CT molecular complexity index is 1020. The van der Waals surface area contributed by atoms with Crippen molar-refractivity contribution < 1.29 is 27.8 Å². The van der Waals surface area contributed by atoms with Gasteiger partial charge in [0.15, 0.2) is 28.8 Å². The van der Waals surface area contributed by atoms with E-state index in [-0.39, 0.29) is 22.2 Å². The van der Waals surface area contributed by atoms with E-state index in [0.717, 1.165) is 15.7 Å². The highest BCUT2D eigenvalue weighted by molar-refractivity contribution is 14.1. The number of esters is 1. The first-order chi connectivity index (χ1) is 13.3. The number of cyclic esters (lactones) is 1. The molecule has 2 aromatic carbocycles. The van der Waals surface area contributed by atoms with E-state index in [1.807, 2.05) is 6.92 Å². The molecule has 0 aromatic heterocycles. The van der Waals surface area contributed by atoms with Crippen LogP contribution >= 0.6 is 34.2 Å². The SMILES string of the molecule is CCOc1c(I)cc(/C=C2\N=C(c3cc(F)c(F)cc3Cl)OC2=O)cc1OC. The average molecular weight is 520 g/mol. The van der Waals surface area contributed by atoms with Crippen LogP contribution in [0.5, 0.6) is 11.5 Å².